The molecule has 6 nitrogen and oxygen atoms in total. The molecule has 0 aliphatic carbocycles. The summed E-state index contributed by atoms with van der Waals surface area (Å²) in [5.41, 5.74) is -1.10. The molecule has 1 rings (SSSR count). The minimum absolute atomic E-state index is 0. The van der Waals surface area contributed by atoms with Gasteiger partial charge in [-0.15, -0.1) is 0 Å². The van der Waals surface area contributed by atoms with Crippen molar-refractivity contribution in [3.05, 3.63) is 34.9 Å². The number of carboxylic acids is 3. The quantitative estimate of drug-likeness (QED) is 0.664. The SMILES string of the molecule is O=C(O)c1cc(C(=O)O)cc(C(=O)O)c1.[H-].[H-].[Mg+2]. The molecule has 0 saturated carbocycles. The fourth-order valence-electron chi connectivity index (χ4n) is 0.998. The van der Waals surface area contributed by atoms with Gasteiger partial charge in [0, 0.05) is 0 Å². The van der Waals surface area contributed by atoms with Gasteiger partial charge >= 0.3 is 41.0 Å². The fraction of sp³-hybridized carbons (Fsp3) is 0. The molecule has 0 saturated heterocycles. The standard InChI is InChI=1S/C9H6O6.Mg.2H/c10-7(11)4-1-5(8(12)13)3-6(2-4)9(14)15;;;/h1-3H,(H,10,11)(H,12,13)(H,14,15);;;/q;+2;2*-1. The molecule has 0 unspecified atom stereocenters. The molecule has 0 atom stereocenters. The van der Waals surface area contributed by atoms with Crippen LogP contribution in [0.15, 0.2) is 18.2 Å². The number of hydrogen-bond acceptors (Lipinski definition) is 3. The van der Waals surface area contributed by atoms with Gasteiger partial charge in [0.2, 0.25) is 0 Å². The van der Waals surface area contributed by atoms with Crippen LogP contribution < -0.4 is 0 Å². The largest absolute Gasteiger partial charge is 2.00 e. The molecule has 0 fully saturated rings. The second kappa shape index (κ2) is 5.47. The molecule has 0 aliphatic rings. The first kappa shape index (κ1) is 14.4. The van der Waals surface area contributed by atoms with Crippen LogP contribution in [0, 0.1) is 0 Å². The Balaban J connectivity index is -0.000000750. The van der Waals surface area contributed by atoms with E-state index >= 15 is 0 Å². The van der Waals surface area contributed by atoms with Gasteiger partial charge in [0.1, 0.15) is 0 Å². The maximum absolute atomic E-state index is 10.6. The molecule has 16 heavy (non-hydrogen) atoms. The summed E-state index contributed by atoms with van der Waals surface area (Å²) in [5.74, 6) is -4.12. The summed E-state index contributed by atoms with van der Waals surface area (Å²) in [6.07, 6.45) is 0. The molecule has 0 spiro atoms. The Morgan fingerprint density at radius 2 is 0.938 bits per heavy atom. The molecule has 1 aromatic rings. The smallest absolute Gasteiger partial charge is 1.00 e. The first-order valence-electron chi connectivity index (χ1n) is 3.77. The van der Waals surface area contributed by atoms with Crippen molar-refractivity contribution in [1.82, 2.24) is 0 Å². The van der Waals surface area contributed by atoms with Crippen molar-refractivity contribution in [2.75, 3.05) is 0 Å². The summed E-state index contributed by atoms with van der Waals surface area (Å²) in [7, 11) is 0. The molecule has 7 heteroatoms. The Hall–Kier alpha value is -1.60. The van der Waals surface area contributed by atoms with Crippen LogP contribution in [0.1, 0.15) is 33.9 Å². The van der Waals surface area contributed by atoms with Gasteiger partial charge < -0.3 is 18.2 Å². The van der Waals surface area contributed by atoms with Gasteiger partial charge in [-0.2, -0.15) is 0 Å². The number of rotatable bonds is 3. The third-order valence-electron chi connectivity index (χ3n) is 1.67. The number of benzene rings is 1. The van der Waals surface area contributed by atoms with Crippen LogP contribution in [0.4, 0.5) is 0 Å². The van der Waals surface area contributed by atoms with Crippen molar-refractivity contribution in [2.24, 2.45) is 0 Å². The summed E-state index contributed by atoms with van der Waals surface area (Å²) in [6.45, 7) is 0. The van der Waals surface area contributed by atoms with Crippen LogP contribution in [-0.2, 0) is 0 Å². The maximum Gasteiger partial charge on any atom is 2.00 e. The van der Waals surface area contributed by atoms with Crippen molar-refractivity contribution in [3.63, 3.8) is 0 Å². The molecule has 0 amide bonds. The van der Waals surface area contributed by atoms with E-state index in [4.69, 9.17) is 15.3 Å². The Bertz CT molecular complexity index is 383. The first-order chi connectivity index (χ1) is 6.91. The molecule has 1 aromatic carbocycles. The molecular weight excluding hydrogens is 228 g/mol. The van der Waals surface area contributed by atoms with E-state index in [1.54, 1.807) is 0 Å². The van der Waals surface area contributed by atoms with Crippen molar-refractivity contribution >= 4 is 41.0 Å². The topological polar surface area (TPSA) is 112 Å². The third kappa shape index (κ3) is 3.21. The fourth-order valence-corrected chi connectivity index (χ4v) is 0.998. The van der Waals surface area contributed by atoms with Crippen LogP contribution in [0.2, 0.25) is 0 Å². The minimum Gasteiger partial charge on any atom is -1.00 e. The normalized spacial score (nSPS) is 9.00. The number of carbonyl (C=O) groups is 3. The molecule has 0 bridgehead atoms. The predicted molar refractivity (Wildman–Crippen MR) is 55.3 cm³/mol. The van der Waals surface area contributed by atoms with Gasteiger partial charge in [0.05, 0.1) is 16.7 Å². The van der Waals surface area contributed by atoms with Crippen molar-refractivity contribution in [1.29, 1.82) is 0 Å². The van der Waals surface area contributed by atoms with Gasteiger partial charge in [0.15, 0.2) is 0 Å². The summed E-state index contributed by atoms with van der Waals surface area (Å²) in [5, 5.41) is 25.8. The number of hydrogen-bond donors (Lipinski definition) is 3. The maximum atomic E-state index is 10.6. The Kier molecular flexibility index (Phi) is 4.92. The van der Waals surface area contributed by atoms with E-state index in [0.717, 1.165) is 18.2 Å². The molecule has 0 aromatic heterocycles. The van der Waals surface area contributed by atoms with Crippen LogP contribution in [-0.4, -0.2) is 56.3 Å². The van der Waals surface area contributed by atoms with Crippen LogP contribution in [0.25, 0.3) is 0 Å². The zero-order valence-electron chi connectivity index (χ0n) is 10.0. The van der Waals surface area contributed by atoms with E-state index in [0.29, 0.717) is 0 Å². The predicted octanol–water partition coefficient (Wildman–Crippen LogP) is 0.625. The van der Waals surface area contributed by atoms with Crippen molar-refractivity contribution in [3.8, 4) is 0 Å². The second-order valence-electron chi connectivity index (χ2n) is 2.71. The minimum atomic E-state index is -1.37. The van der Waals surface area contributed by atoms with E-state index in [-0.39, 0.29) is 42.6 Å². The molecule has 3 N–H and O–H groups in total. The summed E-state index contributed by atoms with van der Waals surface area (Å²) >= 11 is 0. The van der Waals surface area contributed by atoms with E-state index in [2.05, 4.69) is 0 Å². The van der Waals surface area contributed by atoms with Crippen molar-refractivity contribution < 1.29 is 32.6 Å². The van der Waals surface area contributed by atoms with Gasteiger partial charge in [-0.05, 0) is 18.2 Å². The number of carboxylic acid groups (broad SMARTS) is 3. The average molecular weight is 236 g/mol. The number of aromatic carboxylic acids is 3. The Labute approximate surface area is 109 Å². The van der Waals surface area contributed by atoms with Gasteiger partial charge in [0.25, 0.3) is 0 Å². The molecule has 0 aliphatic heterocycles. The Morgan fingerprint density at radius 1 is 0.750 bits per heavy atom. The van der Waals surface area contributed by atoms with Crippen LogP contribution >= 0.6 is 0 Å². The third-order valence-corrected chi connectivity index (χ3v) is 1.67. The van der Waals surface area contributed by atoms with Crippen LogP contribution in [0.5, 0.6) is 0 Å². The average Bonchev–Trinajstić information content (AvgIpc) is 2.16. The monoisotopic (exact) mass is 236 g/mol. The van der Waals surface area contributed by atoms with Gasteiger partial charge in [-0.1, -0.05) is 0 Å². The molecule has 82 valence electrons. The Morgan fingerprint density at radius 3 is 1.06 bits per heavy atom. The van der Waals surface area contributed by atoms with Gasteiger partial charge in [-0.25, -0.2) is 14.4 Å². The summed E-state index contributed by atoms with van der Waals surface area (Å²) < 4.78 is 0. The molecular formula is C9H8MgO6. The first-order valence-corrected chi connectivity index (χ1v) is 3.77. The van der Waals surface area contributed by atoms with E-state index in [1.807, 2.05) is 0 Å². The zero-order chi connectivity index (χ0) is 11.6. The molecule has 0 radical (unpaired) electrons. The summed E-state index contributed by atoms with van der Waals surface area (Å²) in [4.78, 5) is 31.7. The summed E-state index contributed by atoms with van der Waals surface area (Å²) in [6, 6.07) is 2.70. The zero-order valence-corrected chi connectivity index (χ0v) is 9.42. The van der Waals surface area contributed by atoms with Crippen molar-refractivity contribution in [2.45, 2.75) is 0 Å². The van der Waals surface area contributed by atoms with Gasteiger partial charge in [-0.3, -0.25) is 0 Å². The van der Waals surface area contributed by atoms with Crippen LogP contribution in [0.3, 0.4) is 0 Å². The van der Waals surface area contributed by atoms with E-state index < -0.39 is 17.9 Å². The van der Waals surface area contributed by atoms with E-state index in [1.165, 1.54) is 0 Å². The molecule has 0 heterocycles. The second-order valence-corrected chi connectivity index (χ2v) is 2.71. The van der Waals surface area contributed by atoms with E-state index in [9.17, 15) is 14.4 Å².